The normalized spacial score (nSPS) is 29.4. The topological polar surface area (TPSA) is 77.5 Å². The lowest BCUT2D eigenvalue weighted by Gasteiger charge is -2.42. The lowest BCUT2D eigenvalue weighted by molar-refractivity contribution is -0.137. The Morgan fingerprint density at radius 3 is 2.43 bits per heavy atom. The highest BCUT2D eigenvalue weighted by Gasteiger charge is 2.47. The third kappa shape index (κ3) is 5.54. The Morgan fingerprint density at radius 2 is 1.81 bits per heavy atom. The average Bonchev–Trinajstić information content (AvgIpc) is 3.39. The van der Waals surface area contributed by atoms with Crippen LogP contribution < -0.4 is 15.5 Å². The highest BCUT2D eigenvalue weighted by atomic mass is 19.4. The molecule has 3 fully saturated rings. The number of Topliss-reactive ketones (excluding diaryl/α,β-unsaturated/α-hetero) is 1. The summed E-state index contributed by atoms with van der Waals surface area (Å²) >= 11 is 0. The summed E-state index contributed by atoms with van der Waals surface area (Å²) in [6.07, 6.45) is 2.01. The van der Waals surface area contributed by atoms with Crippen LogP contribution in [0.15, 0.2) is 48.7 Å². The van der Waals surface area contributed by atoms with Gasteiger partial charge in [0.15, 0.2) is 5.78 Å². The minimum atomic E-state index is -4.37. The van der Waals surface area contributed by atoms with Crippen molar-refractivity contribution >= 4 is 11.5 Å². The predicted octanol–water partition coefficient (Wildman–Crippen LogP) is 4.04. The van der Waals surface area contributed by atoms with Gasteiger partial charge in [0.2, 0.25) is 0 Å². The number of benzene rings is 1. The van der Waals surface area contributed by atoms with Crippen molar-refractivity contribution in [1.82, 2.24) is 15.6 Å². The summed E-state index contributed by atoms with van der Waals surface area (Å²) in [6, 6.07) is 11.2. The van der Waals surface area contributed by atoms with Crippen molar-refractivity contribution in [3.63, 3.8) is 0 Å². The van der Waals surface area contributed by atoms with Crippen LogP contribution in [0.3, 0.4) is 0 Å². The van der Waals surface area contributed by atoms with Gasteiger partial charge in [-0.1, -0.05) is 12.1 Å². The van der Waals surface area contributed by atoms with Crippen LogP contribution in [-0.4, -0.2) is 53.6 Å². The molecule has 2 saturated heterocycles. The van der Waals surface area contributed by atoms with E-state index in [4.69, 9.17) is 0 Å². The van der Waals surface area contributed by atoms with Crippen LogP contribution in [0.4, 0.5) is 18.9 Å². The first kappa shape index (κ1) is 26.1. The minimum absolute atomic E-state index is 0.122. The molecule has 0 radical (unpaired) electrons. The van der Waals surface area contributed by atoms with Gasteiger partial charge in [0.05, 0.1) is 16.8 Å². The number of aliphatic hydroxyl groups is 1. The van der Waals surface area contributed by atoms with Crippen LogP contribution in [0.1, 0.15) is 56.2 Å². The van der Waals surface area contributed by atoms with Gasteiger partial charge >= 0.3 is 6.18 Å². The number of carbonyl (C=O) groups is 1. The summed E-state index contributed by atoms with van der Waals surface area (Å²) in [5.74, 6) is 0.0928. The monoisotopic (exact) mass is 516 g/mol. The lowest BCUT2D eigenvalue weighted by atomic mass is 9.76. The molecule has 1 atom stereocenters. The van der Waals surface area contributed by atoms with E-state index < -0.39 is 22.9 Å². The predicted molar refractivity (Wildman–Crippen MR) is 135 cm³/mol. The zero-order chi connectivity index (χ0) is 26.1. The quantitative estimate of drug-likeness (QED) is 0.538. The van der Waals surface area contributed by atoms with Gasteiger partial charge in [0.1, 0.15) is 5.60 Å². The molecule has 0 amide bonds. The van der Waals surface area contributed by atoms with E-state index in [0.717, 1.165) is 31.9 Å². The molecule has 9 heteroatoms. The Morgan fingerprint density at radius 1 is 1.05 bits per heavy atom. The zero-order valence-corrected chi connectivity index (χ0v) is 20.9. The van der Waals surface area contributed by atoms with E-state index >= 15 is 0 Å². The number of alkyl halides is 3. The number of hydrogen-bond donors (Lipinski definition) is 3. The second-order valence-corrected chi connectivity index (χ2v) is 10.8. The van der Waals surface area contributed by atoms with Crippen molar-refractivity contribution < 1.29 is 23.1 Å². The first-order valence-electron chi connectivity index (χ1n) is 13.3. The molecule has 3 aliphatic rings. The van der Waals surface area contributed by atoms with Crippen molar-refractivity contribution in [2.45, 2.75) is 68.3 Å². The van der Waals surface area contributed by atoms with Crippen molar-refractivity contribution in [1.29, 1.82) is 0 Å². The SMILES string of the molecule is O=C(C1CCN(c2cccc(C(F)(F)F)c2)CC1)[C@]1(NC2CCC(O)(c3ccccn3)CC2)CCNC1. The summed E-state index contributed by atoms with van der Waals surface area (Å²) < 4.78 is 39.4. The standard InChI is InChI=1S/C28H35F3N4O2/c29-28(30,31)21-4-3-5-23(18-21)35-16-9-20(10-17-35)25(36)26(13-15-32-19-26)34-22-7-11-27(37,12-8-22)24-6-1-2-14-33-24/h1-6,14,18,20,22,32,34,37H,7-13,15-17,19H2/t22?,26-,27?/m0/s1. The molecular formula is C28H35F3N4O2. The van der Waals surface area contributed by atoms with Gasteiger partial charge in [0.25, 0.3) is 0 Å². The molecule has 1 saturated carbocycles. The molecule has 3 heterocycles. The first-order chi connectivity index (χ1) is 17.7. The molecule has 5 rings (SSSR count). The Balaban J connectivity index is 1.20. The molecule has 0 bridgehead atoms. The highest BCUT2D eigenvalue weighted by Crippen LogP contribution is 2.38. The summed E-state index contributed by atoms with van der Waals surface area (Å²) in [5.41, 5.74) is -0.951. The Kier molecular flexibility index (Phi) is 7.31. The van der Waals surface area contributed by atoms with Crippen molar-refractivity contribution in [3.05, 3.63) is 59.9 Å². The molecule has 1 aromatic carbocycles. The number of aromatic nitrogens is 1. The van der Waals surface area contributed by atoms with E-state index in [9.17, 15) is 23.1 Å². The van der Waals surface area contributed by atoms with Crippen LogP contribution >= 0.6 is 0 Å². The van der Waals surface area contributed by atoms with E-state index in [1.165, 1.54) is 12.1 Å². The van der Waals surface area contributed by atoms with Gasteiger partial charge in [-0.25, -0.2) is 0 Å². The van der Waals surface area contributed by atoms with E-state index in [1.54, 1.807) is 12.3 Å². The average molecular weight is 517 g/mol. The Bertz CT molecular complexity index is 1070. The number of rotatable bonds is 6. The summed E-state index contributed by atoms with van der Waals surface area (Å²) in [6.45, 7) is 2.47. The van der Waals surface area contributed by atoms with Crippen LogP contribution in [0.5, 0.6) is 0 Å². The minimum Gasteiger partial charge on any atom is -0.384 e. The smallest absolute Gasteiger partial charge is 0.384 e. The lowest BCUT2D eigenvalue weighted by Crippen LogP contribution is -2.61. The number of hydrogen-bond acceptors (Lipinski definition) is 6. The Labute approximate surface area is 215 Å². The van der Waals surface area contributed by atoms with Crippen LogP contribution in [0.25, 0.3) is 0 Å². The molecule has 37 heavy (non-hydrogen) atoms. The summed E-state index contributed by atoms with van der Waals surface area (Å²) in [7, 11) is 0. The number of anilines is 1. The number of ketones is 1. The van der Waals surface area contributed by atoms with Gasteiger partial charge in [-0.3, -0.25) is 9.78 Å². The fraction of sp³-hybridized carbons (Fsp3) is 0.571. The zero-order valence-electron chi connectivity index (χ0n) is 20.9. The van der Waals surface area contributed by atoms with Crippen LogP contribution in [0.2, 0.25) is 0 Å². The van der Waals surface area contributed by atoms with E-state index in [1.807, 2.05) is 23.1 Å². The molecule has 3 N–H and O–H groups in total. The van der Waals surface area contributed by atoms with Gasteiger partial charge in [-0.2, -0.15) is 13.2 Å². The Hall–Kier alpha value is -2.49. The molecule has 2 aromatic rings. The number of carbonyl (C=O) groups excluding carboxylic acids is 1. The van der Waals surface area contributed by atoms with Crippen LogP contribution in [0, 0.1) is 5.92 Å². The molecule has 2 aliphatic heterocycles. The fourth-order valence-electron chi connectivity index (χ4n) is 6.29. The molecule has 200 valence electrons. The highest BCUT2D eigenvalue weighted by molar-refractivity contribution is 5.91. The van der Waals surface area contributed by atoms with Crippen LogP contribution in [-0.2, 0) is 16.6 Å². The summed E-state index contributed by atoms with van der Waals surface area (Å²) in [5, 5.41) is 18.2. The van der Waals surface area contributed by atoms with Gasteiger partial charge in [-0.15, -0.1) is 0 Å². The van der Waals surface area contributed by atoms with Crippen molar-refractivity contribution in [3.8, 4) is 0 Å². The fourth-order valence-corrected chi connectivity index (χ4v) is 6.29. The maximum atomic E-state index is 13.8. The maximum absolute atomic E-state index is 13.8. The number of halogens is 3. The van der Waals surface area contributed by atoms with E-state index in [2.05, 4.69) is 15.6 Å². The first-order valence-corrected chi connectivity index (χ1v) is 13.3. The second-order valence-electron chi connectivity index (χ2n) is 10.8. The third-order valence-electron chi connectivity index (χ3n) is 8.47. The van der Waals surface area contributed by atoms with Crippen molar-refractivity contribution in [2.75, 3.05) is 31.1 Å². The molecular weight excluding hydrogens is 481 g/mol. The number of nitrogens with zero attached hydrogens (tertiary/aromatic N) is 2. The molecule has 1 aromatic heterocycles. The summed E-state index contributed by atoms with van der Waals surface area (Å²) in [4.78, 5) is 20.2. The maximum Gasteiger partial charge on any atom is 0.416 e. The molecule has 6 nitrogen and oxygen atoms in total. The molecule has 0 spiro atoms. The van der Waals surface area contributed by atoms with Gasteiger partial charge in [0, 0.05) is 43.5 Å². The largest absolute Gasteiger partial charge is 0.416 e. The van der Waals surface area contributed by atoms with Gasteiger partial charge in [-0.05, 0) is 81.8 Å². The van der Waals surface area contributed by atoms with Gasteiger partial charge < -0.3 is 20.6 Å². The molecule has 0 unspecified atom stereocenters. The number of nitrogens with one attached hydrogen (secondary N) is 2. The van der Waals surface area contributed by atoms with E-state index in [-0.39, 0.29) is 17.7 Å². The third-order valence-corrected chi connectivity index (χ3v) is 8.47. The van der Waals surface area contributed by atoms with E-state index in [0.29, 0.717) is 56.7 Å². The number of pyridine rings is 1. The second kappa shape index (κ2) is 10.3. The number of piperidine rings is 1. The van der Waals surface area contributed by atoms with Crippen molar-refractivity contribution in [2.24, 2.45) is 5.92 Å². The molecule has 1 aliphatic carbocycles.